The van der Waals surface area contributed by atoms with Crippen LogP contribution in [-0.4, -0.2) is 58.6 Å². The summed E-state index contributed by atoms with van der Waals surface area (Å²) in [6, 6.07) is 15.0. The molecule has 1 aliphatic rings. The summed E-state index contributed by atoms with van der Waals surface area (Å²) in [7, 11) is 0. The van der Waals surface area contributed by atoms with Gasteiger partial charge in [-0.05, 0) is 69.5 Å². The third-order valence-corrected chi connectivity index (χ3v) is 6.83. The van der Waals surface area contributed by atoms with Crippen LogP contribution in [0.25, 0.3) is 22.2 Å². The van der Waals surface area contributed by atoms with E-state index in [1.165, 1.54) is 11.1 Å². The van der Waals surface area contributed by atoms with Gasteiger partial charge in [-0.3, -0.25) is 4.90 Å². The third kappa shape index (κ3) is 5.47. The molecule has 1 fully saturated rings. The van der Waals surface area contributed by atoms with E-state index in [0.717, 1.165) is 91.9 Å². The molecule has 0 spiro atoms. The number of nitrogens with zero attached hydrogens (tertiary/aromatic N) is 4. The average Bonchev–Trinajstić information content (AvgIpc) is 3.40. The molecule has 0 bridgehead atoms. The first kappa shape index (κ1) is 24.5. The Morgan fingerprint density at radius 3 is 2.44 bits per heavy atom. The molecule has 7 nitrogen and oxygen atoms in total. The van der Waals surface area contributed by atoms with E-state index in [9.17, 15) is 0 Å². The van der Waals surface area contributed by atoms with Gasteiger partial charge in [0.2, 0.25) is 0 Å². The van der Waals surface area contributed by atoms with Gasteiger partial charge in [0.05, 0.1) is 36.0 Å². The van der Waals surface area contributed by atoms with Gasteiger partial charge in [0.1, 0.15) is 17.3 Å². The molecule has 1 saturated heterocycles. The summed E-state index contributed by atoms with van der Waals surface area (Å²) >= 11 is 0. The Bertz CT molecular complexity index is 1280. The van der Waals surface area contributed by atoms with E-state index < -0.39 is 0 Å². The monoisotopic (exact) mass is 488 g/mol. The van der Waals surface area contributed by atoms with E-state index in [4.69, 9.17) is 19.0 Å². The first-order chi connectivity index (χ1) is 17.5. The van der Waals surface area contributed by atoms with Gasteiger partial charge in [-0.15, -0.1) is 0 Å². The van der Waals surface area contributed by atoms with Crippen LogP contribution >= 0.6 is 0 Å². The van der Waals surface area contributed by atoms with Crippen LogP contribution in [0.15, 0.2) is 47.0 Å². The Kier molecular flexibility index (Phi) is 7.39. The van der Waals surface area contributed by atoms with Gasteiger partial charge in [-0.25, -0.2) is 4.98 Å². The molecule has 0 amide bonds. The molecule has 0 saturated carbocycles. The summed E-state index contributed by atoms with van der Waals surface area (Å²) in [5.41, 5.74) is 6.55. The van der Waals surface area contributed by atoms with E-state index in [-0.39, 0.29) is 6.10 Å². The largest absolute Gasteiger partial charge is 0.491 e. The van der Waals surface area contributed by atoms with E-state index in [1.807, 2.05) is 27.7 Å². The summed E-state index contributed by atoms with van der Waals surface area (Å²) in [6.07, 6.45) is 1.99. The second-order valence-corrected chi connectivity index (χ2v) is 9.85. The minimum atomic E-state index is 0.178. The number of morpholine rings is 1. The van der Waals surface area contributed by atoms with Crippen LogP contribution in [0.3, 0.4) is 0 Å². The van der Waals surface area contributed by atoms with Crippen LogP contribution in [0.1, 0.15) is 36.7 Å². The van der Waals surface area contributed by atoms with Crippen molar-refractivity contribution in [1.29, 1.82) is 0 Å². The lowest BCUT2D eigenvalue weighted by molar-refractivity contribution is 0.0364. The fourth-order valence-electron chi connectivity index (χ4n) is 5.00. The molecule has 5 rings (SSSR count). The van der Waals surface area contributed by atoms with Crippen molar-refractivity contribution in [3.8, 4) is 16.9 Å². The van der Waals surface area contributed by atoms with Crippen LogP contribution in [0.5, 0.6) is 5.75 Å². The predicted octanol–water partition coefficient (Wildman–Crippen LogP) is 5.21. The smallest absolute Gasteiger partial charge is 0.141 e. The van der Waals surface area contributed by atoms with E-state index in [2.05, 4.69) is 57.1 Å². The molecule has 0 aliphatic carbocycles. The van der Waals surface area contributed by atoms with Gasteiger partial charge in [0, 0.05) is 38.2 Å². The zero-order valence-corrected chi connectivity index (χ0v) is 21.8. The highest BCUT2D eigenvalue weighted by molar-refractivity contribution is 5.83. The van der Waals surface area contributed by atoms with E-state index >= 15 is 0 Å². The van der Waals surface area contributed by atoms with Gasteiger partial charge >= 0.3 is 0 Å². The van der Waals surface area contributed by atoms with Crippen molar-refractivity contribution < 1.29 is 14.0 Å². The molecule has 190 valence electrons. The van der Waals surface area contributed by atoms with Gasteiger partial charge in [0.25, 0.3) is 0 Å². The molecule has 0 unspecified atom stereocenters. The number of imidazole rings is 1. The SMILES string of the molecule is Cc1noc(C)c1-c1ccc2c(c1)nc(CCc1ccc(OC(C)C)cc1)n2CCN1CCOCC1. The molecule has 4 aromatic rings. The normalized spacial score (nSPS) is 14.7. The standard InChI is InChI=1S/C29H36N4O3/c1-20(2)35-25-9-5-23(6-10-25)7-12-28-30-26-19-24(29-21(3)31-36-22(29)4)8-11-27(26)33(28)14-13-32-15-17-34-18-16-32/h5-6,8-11,19-20H,7,12-18H2,1-4H3. The summed E-state index contributed by atoms with van der Waals surface area (Å²) in [4.78, 5) is 7.60. The number of fused-ring (bicyclic) bond motifs is 1. The summed E-state index contributed by atoms with van der Waals surface area (Å²) < 4.78 is 19.1. The van der Waals surface area contributed by atoms with Crippen LogP contribution < -0.4 is 4.74 Å². The number of aryl methyl sites for hydroxylation is 4. The lowest BCUT2D eigenvalue weighted by Crippen LogP contribution is -2.38. The van der Waals surface area contributed by atoms with Gasteiger partial charge in [-0.2, -0.15) is 0 Å². The fraction of sp³-hybridized carbons (Fsp3) is 0.448. The van der Waals surface area contributed by atoms with Crippen molar-refractivity contribution in [3.05, 3.63) is 65.3 Å². The third-order valence-electron chi connectivity index (χ3n) is 6.83. The van der Waals surface area contributed by atoms with Crippen molar-refractivity contribution in [1.82, 2.24) is 19.6 Å². The van der Waals surface area contributed by atoms with Gasteiger partial charge < -0.3 is 18.6 Å². The van der Waals surface area contributed by atoms with Crippen molar-refractivity contribution in [2.45, 2.75) is 53.2 Å². The predicted molar refractivity (Wildman–Crippen MR) is 142 cm³/mol. The minimum Gasteiger partial charge on any atom is -0.491 e. The van der Waals surface area contributed by atoms with Crippen LogP contribution in [0, 0.1) is 13.8 Å². The van der Waals surface area contributed by atoms with Crippen molar-refractivity contribution in [3.63, 3.8) is 0 Å². The van der Waals surface area contributed by atoms with Crippen LogP contribution in [0.2, 0.25) is 0 Å². The second kappa shape index (κ2) is 10.8. The number of hydrogen-bond acceptors (Lipinski definition) is 6. The summed E-state index contributed by atoms with van der Waals surface area (Å²) in [5, 5.41) is 4.14. The lowest BCUT2D eigenvalue weighted by Gasteiger charge is -2.27. The summed E-state index contributed by atoms with van der Waals surface area (Å²) in [5.74, 6) is 2.87. The second-order valence-electron chi connectivity index (χ2n) is 9.85. The van der Waals surface area contributed by atoms with Crippen molar-refractivity contribution in [2.24, 2.45) is 0 Å². The molecule has 1 aliphatic heterocycles. The Hall–Kier alpha value is -3.16. The number of ether oxygens (including phenoxy) is 2. The molecule has 0 radical (unpaired) electrons. The molecule has 2 aromatic carbocycles. The molecule has 3 heterocycles. The molecule has 36 heavy (non-hydrogen) atoms. The zero-order chi connectivity index (χ0) is 25.1. The highest BCUT2D eigenvalue weighted by Crippen LogP contribution is 2.30. The number of benzene rings is 2. The Morgan fingerprint density at radius 2 is 1.75 bits per heavy atom. The van der Waals surface area contributed by atoms with E-state index in [1.54, 1.807) is 0 Å². The quantitative estimate of drug-likeness (QED) is 0.322. The number of aromatic nitrogens is 3. The average molecular weight is 489 g/mol. The van der Waals surface area contributed by atoms with Crippen molar-refractivity contribution in [2.75, 3.05) is 32.8 Å². The maximum atomic E-state index is 5.80. The van der Waals surface area contributed by atoms with Gasteiger partial charge in [-0.1, -0.05) is 23.4 Å². The van der Waals surface area contributed by atoms with Crippen LogP contribution in [-0.2, 0) is 24.1 Å². The maximum absolute atomic E-state index is 5.80. The molecule has 0 atom stereocenters. The first-order valence-corrected chi connectivity index (χ1v) is 13.0. The van der Waals surface area contributed by atoms with Gasteiger partial charge in [0.15, 0.2) is 0 Å². The number of rotatable bonds is 9. The summed E-state index contributed by atoms with van der Waals surface area (Å²) in [6.45, 7) is 13.6. The molecular formula is C29H36N4O3. The zero-order valence-electron chi connectivity index (χ0n) is 21.8. The number of hydrogen-bond donors (Lipinski definition) is 0. The fourth-order valence-corrected chi connectivity index (χ4v) is 5.00. The Balaban J connectivity index is 1.41. The molecule has 2 aromatic heterocycles. The minimum absolute atomic E-state index is 0.178. The lowest BCUT2D eigenvalue weighted by atomic mass is 10.0. The van der Waals surface area contributed by atoms with Crippen LogP contribution in [0.4, 0.5) is 0 Å². The highest BCUT2D eigenvalue weighted by atomic mass is 16.5. The molecular weight excluding hydrogens is 452 g/mol. The topological polar surface area (TPSA) is 65.6 Å². The maximum Gasteiger partial charge on any atom is 0.141 e. The van der Waals surface area contributed by atoms with Crippen molar-refractivity contribution >= 4 is 11.0 Å². The molecule has 7 heteroatoms. The Labute approximate surface area is 213 Å². The first-order valence-electron chi connectivity index (χ1n) is 13.0. The van der Waals surface area contributed by atoms with E-state index in [0.29, 0.717) is 0 Å². The highest BCUT2D eigenvalue weighted by Gasteiger charge is 2.17. The Morgan fingerprint density at radius 1 is 0.972 bits per heavy atom. The molecule has 0 N–H and O–H groups in total.